The first-order valence-corrected chi connectivity index (χ1v) is 7.47. The smallest absolute Gasteiger partial charge is 0.245 e. The number of hydrazone groups is 1. The number of halogens is 2. The lowest BCUT2D eigenvalue weighted by Gasteiger charge is -2.28. The standard InChI is InChI=1S/C12H13F2N3O3S/c1-12(2)6-7-15-17(12)11(18)16-21(19,20)10-8(13)4-3-5-9(10)14/h3-5,7H,6H2,1-2H3,(H,16,18). The second kappa shape index (κ2) is 5.06. The van der Waals surface area contributed by atoms with Gasteiger partial charge in [0.15, 0.2) is 4.90 Å². The molecule has 0 fully saturated rings. The number of rotatable bonds is 2. The van der Waals surface area contributed by atoms with Gasteiger partial charge in [0.1, 0.15) is 11.6 Å². The Balaban J connectivity index is 2.30. The summed E-state index contributed by atoms with van der Waals surface area (Å²) in [6.45, 7) is 3.35. The monoisotopic (exact) mass is 317 g/mol. The van der Waals surface area contributed by atoms with Crippen LogP contribution in [-0.2, 0) is 10.0 Å². The highest BCUT2D eigenvalue weighted by Gasteiger charge is 2.37. The van der Waals surface area contributed by atoms with Crippen LogP contribution in [0.15, 0.2) is 28.2 Å². The third kappa shape index (κ3) is 2.87. The molecule has 1 aliphatic rings. The van der Waals surface area contributed by atoms with Crippen LogP contribution in [0.4, 0.5) is 13.6 Å². The zero-order chi connectivity index (χ0) is 15.8. The van der Waals surface area contributed by atoms with Crippen LogP contribution in [0, 0.1) is 11.6 Å². The third-order valence-corrected chi connectivity index (χ3v) is 4.33. The van der Waals surface area contributed by atoms with Crippen LogP contribution in [0.1, 0.15) is 20.3 Å². The fraction of sp³-hybridized carbons (Fsp3) is 0.333. The van der Waals surface area contributed by atoms with E-state index in [0.29, 0.717) is 6.42 Å². The number of hydrogen-bond acceptors (Lipinski definition) is 4. The molecule has 2 rings (SSSR count). The Morgan fingerprint density at radius 1 is 1.33 bits per heavy atom. The molecule has 1 aromatic carbocycles. The van der Waals surface area contributed by atoms with Crippen molar-refractivity contribution < 1.29 is 22.0 Å². The predicted molar refractivity (Wildman–Crippen MR) is 71.1 cm³/mol. The van der Waals surface area contributed by atoms with E-state index < -0.39 is 38.1 Å². The number of sulfonamides is 1. The molecular weight excluding hydrogens is 304 g/mol. The number of nitrogens with one attached hydrogen (secondary N) is 1. The van der Waals surface area contributed by atoms with Gasteiger partial charge in [0.25, 0.3) is 10.0 Å². The van der Waals surface area contributed by atoms with Gasteiger partial charge >= 0.3 is 6.03 Å². The Kier molecular flexibility index (Phi) is 3.70. The fourth-order valence-corrected chi connectivity index (χ4v) is 2.93. The van der Waals surface area contributed by atoms with Crippen LogP contribution in [0.25, 0.3) is 0 Å². The second-order valence-electron chi connectivity index (χ2n) is 5.09. The lowest BCUT2D eigenvalue weighted by molar-refractivity contribution is 0.159. The summed E-state index contributed by atoms with van der Waals surface area (Å²) < 4.78 is 52.6. The lowest BCUT2D eigenvalue weighted by atomic mass is 10.0. The quantitative estimate of drug-likeness (QED) is 0.904. The van der Waals surface area contributed by atoms with Crippen LogP contribution in [0.2, 0.25) is 0 Å². The highest BCUT2D eigenvalue weighted by Crippen LogP contribution is 2.24. The number of amides is 2. The molecule has 0 saturated heterocycles. The summed E-state index contributed by atoms with van der Waals surface area (Å²) in [6.07, 6.45) is 1.89. The SMILES string of the molecule is CC1(C)CC=NN1C(=O)NS(=O)(=O)c1c(F)cccc1F. The van der Waals surface area contributed by atoms with Crippen molar-refractivity contribution in [2.24, 2.45) is 5.10 Å². The molecule has 0 aromatic heterocycles. The van der Waals surface area contributed by atoms with Gasteiger partial charge in [-0.1, -0.05) is 6.07 Å². The Morgan fingerprint density at radius 3 is 2.38 bits per heavy atom. The molecule has 0 aliphatic carbocycles. The molecule has 1 N–H and O–H groups in total. The van der Waals surface area contributed by atoms with Crippen molar-refractivity contribution in [2.45, 2.75) is 30.7 Å². The maximum atomic E-state index is 13.5. The molecule has 0 atom stereocenters. The molecule has 1 heterocycles. The molecule has 0 spiro atoms. The van der Waals surface area contributed by atoms with E-state index in [1.54, 1.807) is 18.6 Å². The van der Waals surface area contributed by atoms with E-state index in [-0.39, 0.29) is 0 Å². The fourth-order valence-electron chi connectivity index (χ4n) is 1.86. The van der Waals surface area contributed by atoms with Gasteiger partial charge in [0.2, 0.25) is 0 Å². The summed E-state index contributed by atoms with van der Waals surface area (Å²) in [4.78, 5) is 10.8. The minimum absolute atomic E-state index is 0.439. The van der Waals surface area contributed by atoms with Crippen molar-refractivity contribution >= 4 is 22.3 Å². The van der Waals surface area contributed by atoms with Crippen LogP contribution in [0.3, 0.4) is 0 Å². The highest BCUT2D eigenvalue weighted by molar-refractivity contribution is 7.90. The Hall–Kier alpha value is -2.03. The summed E-state index contributed by atoms with van der Waals surface area (Å²) in [7, 11) is -4.67. The van der Waals surface area contributed by atoms with Crippen molar-refractivity contribution in [1.29, 1.82) is 0 Å². The van der Waals surface area contributed by atoms with Crippen molar-refractivity contribution in [3.05, 3.63) is 29.8 Å². The van der Waals surface area contributed by atoms with Crippen LogP contribution < -0.4 is 4.72 Å². The number of benzene rings is 1. The summed E-state index contributed by atoms with van der Waals surface area (Å²) in [5, 5.41) is 4.68. The van der Waals surface area contributed by atoms with Crippen LogP contribution in [0.5, 0.6) is 0 Å². The Bertz CT molecular complexity index is 696. The minimum atomic E-state index is -4.67. The maximum absolute atomic E-state index is 13.5. The van der Waals surface area contributed by atoms with Gasteiger partial charge in [-0.3, -0.25) is 0 Å². The van der Waals surface area contributed by atoms with E-state index in [1.165, 1.54) is 6.21 Å². The Morgan fingerprint density at radius 2 is 1.90 bits per heavy atom. The van der Waals surface area contributed by atoms with Gasteiger partial charge < -0.3 is 0 Å². The Labute approximate surface area is 120 Å². The van der Waals surface area contributed by atoms with Gasteiger partial charge in [-0.2, -0.15) is 5.10 Å². The van der Waals surface area contributed by atoms with Gasteiger partial charge in [-0.15, -0.1) is 0 Å². The topological polar surface area (TPSA) is 78.8 Å². The van der Waals surface area contributed by atoms with E-state index in [2.05, 4.69) is 5.10 Å². The zero-order valence-electron chi connectivity index (χ0n) is 11.3. The first kappa shape index (κ1) is 15.4. The van der Waals surface area contributed by atoms with Gasteiger partial charge in [0.05, 0.1) is 5.54 Å². The predicted octanol–water partition coefficient (Wildman–Crippen LogP) is 1.83. The molecule has 21 heavy (non-hydrogen) atoms. The van der Waals surface area contributed by atoms with E-state index >= 15 is 0 Å². The highest BCUT2D eigenvalue weighted by atomic mass is 32.2. The maximum Gasteiger partial charge on any atom is 0.352 e. The first-order chi connectivity index (χ1) is 9.65. The summed E-state index contributed by atoms with van der Waals surface area (Å²) >= 11 is 0. The summed E-state index contributed by atoms with van der Waals surface area (Å²) in [5.41, 5.74) is -0.715. The molecule has 1 aliphatic heterocycles. The van der Waals surface area contributed by atoms with Crippen molar-refractivity contribution in [1.82, 2.24) is 9.73 Å². The molecule has 1 aromatic rings. The van der Waals surface area contributed by atoms with Crippen molar-refractivity contribution in [3.63, 3.8) is 0 Å². The van der Waals surface area contributed by atoms with Crippen LogP contribution in [-0.4, -0.2) is 31.2 Å². The average Bonchev–Trinajstić information content (AvgIpc) is 2.67. The molecule has 9 heteroatoms. The second-order valence-corrected chi connectivity index (χ2v) is 6.71. The van der Waals surface area contributed by atoms with E-state index in [1.807, 2.05) is 0 Å². The van der Waals surface area contributed by atoms with Gasteiger partial charge in [0, 0.05) is 12.6 Å². The molecule has 6 nitrogen and oxygen atoms in total. The number of urea groups is 1. The minimum Gasteiger partial charge on any atom is -0.245 e. The van der Waals surface area contributed by atoms with Gasteiger partial charge in [-0.05, 0) is 26.0 Å². The number of hydrogen-bond donors (Lipinski definition) is 1. The molecule has 0 unspecified atom stereocenters. The first-order valence-electron chi connectivity index (χ1n) is 5.98. The number of nitrogens with zero attached hydrogens (tertiary/aromatic N) is 2. The van der Waals surface area contributed by atoms with E-state index in [0.717, 1.165) is 23.2 Å². The van der Waals surface area contributed by atoms with Crippen molar-refractivity contribution in [2.75, 3.05) is 0 Å². The molecule has 0 saturated carbocycles. The van der Waals surface area contributed by atoms with Gasteiger partial charge in [-0.25, -0.2) is 31.7 Å². The van der Waals surface area contributed by atoms with Crippen LogP contribution >= 0.6 is 0 Å². The number of carbonyl (C=O) groups is 1. The number of carbonyl (C=O) groups excluding carboxylic acids is 1. The lowest BCUT2D eigenvalue weighted by Crippen LogP contribution is -2.48. The molecule has 0 radical (unpaired) electrons. The largest absolute Gasteiger partial charge is 0.352 e. The average molecular weight is 317 g/mol. The summed E-state index contributed by atoms with van der Waals surface area (Å²) in [6, 6.07) is 1.54. The zero-order valence-corrected chi connectivity index (χ0v) is 12.1. The molecular formula is C12H13F2N3O3S. The van der Waals surface area contributed by atoms with Crippen molar-refractivity contribution in [3.8, 4) is 0 Å². The normalized spacial score (nSPS) is 17.0. The van der Waals surface area contributed by atoms with E-state index in [4.69, 9.17) is 0 Å². The molecule has 0 bridgehead atoms. The summed E-state index contributed by atoms with van der Waals surface area (Å²) in [5.74, 6) is -2.56. The molecule has 114 valence electrons. The van der Waals surface area contributed by atoms with E-state index in [9.17, 15) is 22.0 Å². The third-order valence-electron chi connectivity index (χ3n) is 2.96. The molecule has 2 amide bonds.